The smallest absolute Gasteiger partial charge is 0.347 e. The van der Waals surface area contributed by atoms with Crippen LogP contribution in [0.2, 0.25) is 0 Å². The molecule has 9 nitrogen and oxygen atoms in total. The number of nitro benzene ring substituents is 1. The zero-order valence-electron chi connectivity index (χ0n) is 16.7. The van der Waals surface area contributed by atoms with E-state index < -0.39 is 34.9 Å². The molecule has 0 radical (unpaired) electrons. The summed E-state index contributed by atoms with van der Waals surface area (Å²) < 4.78 is 29.2. The lowest BCUT2D eigenvalue weighted by Gasteiger charge is -2.12. The molecule has 32 heavy (non-hydrogen) atoms. The van der Waals surface area contributed by atoms with E-state index in [1.807, 2.05) is 0 Å². The molecule has 1 N–H and O–H groups in total. The minimum Gasteiger partial charge on any atom is -0.496 e. The van der Waals surface area contributed by atoms with Crippen LogP contribution < -0.4 is 19.5 Å². The van der Waals surface area contributed by atoms with Crippen LogP contribution in [0.1, 0.15) is 10.4 Å². The molecule has 0 aliphatic carbocycles. The Kier molecular flexibility index (Phi) is 6.96. The summed E-state index contributed by atoms with van der Waals surface area (Å²) in [6.07, 6.45) is 0. The molecule has 1 amide bonds. The number of para-hydroxylation sites is 2. The molecule has 10 heteroatoms. The van der Waals surface area contributed by atoms with Crippen molar-refractivity contribution in [1.82, 2.24) is 0 Å². The number of methoxy groups -OCH3 is 1. The van der Waals surface area contributed by atoms with Crippen LogP contribution in [0.4, 0.5) is 15.8 Å². The lowest BCUT2D eigenvalue weighted by Crippen LogP contribution is -2.22. The van der Waals surface area contributed by atoms with Crippen LogP contribution in [0.3, 0.4) is 0 Å². The van der Waals surface area contributed by atoms with Crippen molar-refractivity contribution in [3.05, 3.63) is 88.2 Å². The lowest BCUT2D eigenvalue weighted by molar-refractivity contribution is -0.385. The Morgan fingerprint density at radius 3 is 2.47 bits per heavy atom. The summed E-state index contributed by atoms with van der Waals surface area (Å²) >= 11 is 0. The summed E-state index contributed by atoms with van der Waals surface area (Å²) in [6, 6.07) is 15.3. The van der Waals surface area contributed by atoms with E-state index in [9.17, 15) is 24.1 Å². The maximum atomic E-state index is 13.7. The van der Waals surface area contributed by atoms with Crippen molar-refractivity contribution < 1.29 is 33.1 Å². The van der Waals surface area contributed by atoms with Crippen LogP contribution in [0, 0.1) is 15.9 Å². The van der Waals surface area contributed by atoms with Gasteiger partial charge in [0.1, 0.15) is 22.9 Å². The summed E-state index contributed by atoms with van der Waals surface area (Å²) in [7, 11) is 1.35. The monoisotopic (exact) mass is 440 g/mol. The number of hydrogen-bond donors (Lipinski definition) is 1. The first kappa shape index (κ1) is 22.2. The van der Waals surface area contributed by atoms with Gasteiger partial charge in [0.2, 0.25) is 5.75 Å². The lowest BCUT2D eigenvalue weighted by atomic mass is 10.2. The second-order valence-corrected chi connectivity index (χ2v) is 6.29. The third-order valence-electron chi connectivity index (χ3n) is 4.18. The van der Waals surface area contributed by atoms with Crippen LogP contribution in [0.5, 0.6) is 17.2 Å². The molecule has 0 fully saturated rings. The quantitative estimate of drug-likeness (QED) is 0.244. The Morgan fingerprint density at radius 2 is 1.75 bits per heavy atom. The van der Waals surface area contributed by atoms with Gasteiger partial charge in [-0.2, -0.15) is 0 Å². The summed E-state index contributed by atoms with van der Waals surface area (Å²) in [6.45, 7) is -0.513. The predicted molar refractivity (Wildman–Crippen MR) is 112 cm³/mol. The maximum absolute atomic E-state index is 13.7. The van der Waals surface area contributed by atoms with E-state index in [4.69, 9.17) is 14.2 Å². The molecule has 0 atom stereocenters. The van der Waals surface area contributed by atoms with Crippen molar-refractivity contribution in [2.45, 2.75) is 0 Å². The van der Waals surface area contributed by atoms with Crippen molar-refractivity contribution in [2.75, 3.05) is 19.0 Å². The Bertz CT molecular complexity index is 1170. The molecule has 0 aliphatic rings. The highest BCUT2D eigenvalue weighted by Gasteiger charge is 2.22. The van der Waals surface area contributed by atoms with Gasteiger partial charge in [-0.3, -0.25) is 14.9 Å². The highest BCUT2D eigenvalue weighted by Crippen LogP contribution is 2.32. The van der Waals surface area contributed by atoms with Gasteiger partial charge in [0.15, 0.2) is 6.61 Å². The molecule has 3 rings (SSSR count). The number of nitro groups is 1. The normalized spacial score (nSPS) is 10.2. The summed E-state index contributed by atoms with van der Waals surface area (Å²) in [5.41, 5.74) is -0.530. The Balaban J connectivity index is 1.72. The number of rotatable bonds is 8. The van der Waals surface area contributed by atoms with Gasteiger partial charge in [0.25, 0.3) is 5.91 Å². The van der Waals surface area contributed by atoms with Gasteiger partial charge in [0, 0.05) is 0 Å². The fraction of sp³-hybridized carbons (Fsp3) is 0.0909. The van der Waals surface area contributed by atoms with Crippen LogP contribution >= 0.6 is 0 Å². The average Bonchev–Trinajstić information content (AvgIpc) is 2.79. The highest BCUT2D eigenvalue weighted by atomic mass is 19.1. The molecule has 0 saturated carbocycles. The molecule has 0 unspecified atom stereocenters. The van der Waals surface area contributed by atoms with Gasteiger partial charge in [-0.1, -0.05) is 24.3 Å². The Labute approximate surface area is 181 Å². The minimum atomic E-state index is -0.927. The van der Waals surface area contributed by atoms with Gasteiger partial charge in [0.05, 0.1) is 23.8 Å². The number of ether oxygens (including phenoxy) is 3. The summed E-state index contributed by atoms with van der Waals surface area (Å²) in [5, 5.41) is 13.6. The van der Waals surface area contributed by atoms with Crippen LogP contribution in [0.15, 0.2) is 66.7 Å². The van der Waals surface area contributed by atoms with Crippen molar-refractivity contribution in [1.29, 1.82) is 0 Å². The van der Waals surface area contributed by atoms with E-state index in [1.54, 1.807) is 12.1 Å². The van der Waals surface area contributed by atoms with Crippen LogP contribution in [-0.4, -0.2) is 30.5 Å². The van der Waals surface area contributed by atoms with E-state index >= 15 is 0 Å². The predicted octanol–water partition coefficient (Wildman–Crippen LogP) is 3.98. The molecule has 0 spiro atoms. The summed E-state index contributed by atoms with van der Waals surface area (Å²) in [5.74, 6) is -2.23. The molecule has 164 valence electrons. The van der Waals surface area contributed by atoms with Gasteiger partial charge in [-0.15, -0.1) is 0 Å². The first-order chi connectivity index (χ1) is 15.4. The first-order valence-corrected chi connectivity index (χ1v) is 9.20. The number of nitrogens with zero attached hydrogens (tertiary/aromatic N) is 1. The Hall–Kier alpha value is -4.47. The van der Waals surface area contributed by atoms with Gasteiger partial charge >= 0.3 is 11.7 Å². The van der Waals surface area contributed by atoms with E-state index in [0.29, 0.717) is 0 Å². The first-order valence-electron chi connectivity index (χ1n) is 9.20. The number of nitrogens with one attached hydrogen (secondary N) is 1. The zero-order chi connectivity index (χ0) is 23.1. The molecule has 3 aromatic carbocycles. The standard InChI is InChI=1S/C22H17FN2O7/c1-30-14-10-11-20(18(12-14)25(28)29)32-22(27)15-6-2-5-9-19(15)31-13-21(26)24-17-8-4-3-7-16(17)23/h2-12H,13H2,1H3,(H,24,26). The number of anilines is 1. The molecule has 0 aliphatic heterocycles. The minimum absolute atomic E-state index is 0.0114. The zero-order valence-corrected chi connectivity index (χ0v) is 16.7. The fourth-order valence-corrected chi connectivity index (χ4v) is 2.66. The third kappa shape index (κ3) is 5.36. The van der Waals surface area contributed by atoms with Crippen LogP contribution in [-0.2, 0) is 4.79 Å². The van der Waals surface area contributed by atoms with Gasteiger partial charge < -0.3 is 19.5 Å². The summed E-state index contributed by atoms with van der Waals surface area (Å²) in [4.78, 5) is 35.3. The maximum Gasteiger partial charge on any atom is 0.347 e. The van der Waals surface area contributed by atoms with E-state index in [1.165, 1.54) is 55.6 Å². The molecular weight excluding hydrogens is 423 g/mol. The van der Waals surface area contributed by atoms with Gasteiger partial charge in [-0.05, 0) is 36.4 Å². The van der Waals surface area contributed by atoms with Crippen LogP contribution in [0.25, 0.3) is 0 Å². The molecule has 3 aromatic rings. The number of halogens is 1. The number of carbonyl (C=O) groups excluding carboxylic acids is 2. The molecule has 0 heterocycles. The van der Waals surface area contributed by atoms with E-state index in [-0.39, 0.29) is 28.5 Å². The number of hydrogen-bond acceptors (Lipinski definition) is 7. The van der Waals surface area contributed by atoms with Crippen molar-refractivity contribution in [3.8, 4) is 17.2 Å². The average molecular weight is 440 g/mol. The second-order valence-electron chi connectivity index (χ2n) is 6.29. The van der Waals surface area contributed by atoms with Gasteiger partial charge in [-0.25, -0.2) is 9.18 Å². The molecular formula is C22H17FN2O7. The number of benzene rings is 3. The number of amides is 1. The fourth-order valence-electron chi connectivity index (χ4n) is 2.66. The van der Waals surface area contributed by atoms with E-state index in [0.717, 1.165) is 6.07 Å². The third-order valence-corrected chi connectivity index (χ3v) is 4.18. The SMILES string of the molecule is COc1ccc(OC(=O)c2ccccc2OCC(=O)Nc2ccccc2F)c([N+](=O)[O-])c1. The second kappa shape index (κ2) is 10.0. The van der Waals surface area contributed by atoms with Crippen molar-refractivity contribution >= 4 is 23.3 Å². The number of esters is 1. The highest BCUT2D eigenvalue weighted by molar-refractivity contribution is 5.95. The Morgan fingerprint density at radius 1 is 1.03 bits per heavy atom. The largest absolute Gasteiger partial charge is 0.496 e. The molecule has 0 saturated heterocycles. The van der Waals surface area contributed by atoms with Crippen molar-refractivity contribution in [2.24, 2.45) is 0 Å². The van der Waals surface area contributed by atoms with Crippen molar-refractivity contribution in [3.63, 3.8) is 0 Å². The molecule has 0 aromatic heterocycles. The number of carbonyl (C=O) groups is 2. The topological polar surface area (TPSA) is 117 Å². The van der Waals surface area contributed by atoms with E-state index in [2.05, 4.69) is 5.32 Å². The molecule has 0 bridgehead atoms.